The molecular formula is C37H22N4. The number of hydrogen-bond acceptors (Lipinski definition) is 3. The molecule has 0 saturated carbocycles. The molecule has 9 rings (SSSR count). The van der Waals surface area contributed by atoms with Crippen LogP contribution in [-0.4, -0.2) is 19.5 Å². The first-order chi connectivity index (χ1) is 20.3. The molecule has 0 unspecified atom stereocenters. The highest BCUT2D eigenvalue weighted by Crippen LogP contribution is 2.39. The topological polar surface area (TPSA) is 43.6 Å². The zero-order valence-corrected chi connectivity index (χ0v) is 22.0. The van der Waals surface area contributed by atoms with E-state index in [1.807, 2.05) is 6.07 Å². The molecule has 190 valence electrons. The van der Waals surface area contributed by atoms with Gasteiger partial charge < -0.3 is 0 Å². The largest absolute Gasteiger partial charge is 0.278 e. The molecule has 9 aromatic rings. The molecular weight excluding hydrogens is 500 g/mol. The van der Waals surface area contributed by atoms with E-state index in [1.165, 1.54) is 43.1 Å². The van der Waals surface area contributed by atoms with Crippen LogP contribution < -0.4 is 0 Å². The van der Waals surface area contributed by atoms with Crippen LogP contribution in [0.4, 0.5) is 0 Å². The van der Waals surface area contributed by atoms with Crippen molar-refractivity contribution >= 4 is 65.2 Å². The summed E-state index contributed by atoms with van der Waals surface area (Å²) in [5, 5.41) is 10.5. The standard InChI is InChI=1S/C37H22N4/c1-2-10-25-20-28(16-15-23(25)8-1)35-30-14-7-19-38-36(30)40-37(39-35)41-32-18-17-24-9-5-6-13-29(24)34(32)31-21-26-11-3-4-12-27(26)22-33(31)41/h1-22H. The van der Waals surface area contributed by atoms with Crippen molar-refractivity contribution in [1.82, 2.24) is 19.5 Å². The van der Waals surface area contributed by atoms with E-state index < -0.39 is 0 Å². The molecule has 4 heteroatoms. The van der Waals surface area contributed by atoms with Crippen LogP contribution in [0, 0.1) is 0 Å². The Bertz CT molecular complexity index is 2490. The number of benzene rings is 6. The minimum Gasteiger partial charge on any atom is -0.278 e. The molecule has 0 fully saturated rings. The van der Waals surface area contributed by atoms with Crippen molar-refractivity contribution in [3.05, 3.63) is 134 Å². The van der Waals surface area contributed by atoms with Gasteiger partial charge in [0.25, 0.3) is 0 Å². The molecule has 0 N–H and O–H groups in total. The maximum atomic E-state index is 5.29. The van der Waals surface area contributed by atoms with Gasteiger partial charge in [0, 0.05) is 27.9 Å². The summed E-state index contributed by atoms with van der Waals surface area (Å²) < 4.78 is 2.21. The highest BCUT2D eigenvalue weighted by Gasteiger charge is 2.19. The Balaban J connectivity index is 1.43. The van der Waals surface area contributed by atoms with Gasteiger partial charge in [0.05, 0.1) is 16.7 Å². The van der Waals surface area contributed by atoms with Crippen molar-refractivity contribution in [3.63, 3.8) is 0 Å². The van der Waals surface area contributed by atoms with E-state index in [9.17, 15) is 0 Å². The molecule has 0 saturated heterocycles. The lowest BCUT2D eigenvalue weighted by atomic mass is 10.0. The minimum atomic E-state index is 0.616. The van der Waals surface area contributed by atoms with Crippen LogP contribution in [0.25, 0.3) is 82.4 Å². The second kappa shape index (κ2) is 8.44. The van der Waals surface area contributed by atoms with Crippen molar-refractivity contribution in [2.24, 2.45) is 0 Å². The first kappa shape index (κ1) is 22.2. The Morgan fingerprint density at radius 1 is 0.463 bits per heavy atom. The van der Waals surface area contributed by atoms with Crippen LogP contribution in [0.2, 0.25) is 0 Å². The van der Waals surface area contributed by atoms with Gasteiger partial charge in [0.2, 0.25) is 5.95 Å². The molecule has 0 aliphatic carbocycles. The summed E-state index contributed by atoms with van der Waals surface area (Å²) >= 11 is 0. The quantitative estimate of drug-likeness (QED) is 0.227. The van der Waals surface area contributed by atoms with Crippen LogP contribution in [0.15, 0.2) is 134 Å². The minimum absolute atomic E-state index is 0.616. The Hall–Kier alpha value is -5.61. The highest BCUT2D eigenvalue weighted by atomic mass is 15.2. The van der Waals surface area contributed by atoms with E-state index in [0.29, 0.717) is 11.6 Å². The molecule has 41 heavy (non-hydrogen) atoms. The second-order valence-corrected chi connectivity index (χ2v) is 10.5. The summed E-state index contributed by atoms with van der Waals surface area (Å²) in [5.41, 5.74) is 4.75. The fourth-order valence-corrected chi connectivity index (χ4v) is 6.30. The van der Waals surface area contributed by atoms with E-state index in [4.69, 9.17) is 15.0 Å². The summed E-state index contributed by atoms with van der Waals surface area (Å²) in [6, 6.07) is 45.0. The Morgan fingerprint density at radius 2 is 1.15 bits per heavy atom. The SMILES string of the molecule is c1ccc2cc(-c3nc(-n4c5cc6ccccc6cc5c5c6ccccc6ccc54)nc4ncccc34)ccc2c1. The van der Waals surface area contributed by atoms with Gasteiger partial charge in [-0.15, -0.1) is 0 Å². The summed E-state index contributed by atoms with van der Waals surface area (Å²) in [6.07, 6.45) is 1.80. The predicted octanol–water partition coefficient (Wildman–Crippen LogP) is 9.25. The van der Waals surface area contributed by atoms with E-state index >= 15 is 0 Å². The number of rotatable bonds is 2. The third kappa shape index (κ3) is 3.31. The van der Waals surface area contributed by atoms with E-state index in [2.05, 4.69) is 126 Å². The molecule has 0 aliphatic heterocycles. The molecule has 6 aromatic carbocycles. The summed E-state index contributed by atoms with van der Waals surface area (Å²) in [5.74, 6) is 0.616. The predicted molar refractivity (Wildman–Crippen MR) is 170 cm³/mol. The zero-order valence-electron chi connectivity index (χ0n) is 22.0. The van der Waals surface area contributed by atoms with E-state index in [0.717, 1.165) is 27.7 Å². The average molecular weight is 523 g/mol. The first-order valence-corrected chi connectivity index (χ1v) is 13.8. The van der Waals surface area contributed by atoms with Crippen molar-refractivity contribution in [1.29, 1.82) is 0 Å². The molecule has 3 heterocycles. The number of aromatic nitrogens is 4. The first-order valence-electron chi connectivity index (χ1n) is 13.8. The van der Waals surface area contributed by atoms with Crippen LogP contribution in [-0.2, 0) is 0 Å². The lowest BCUT2D eigenvalue weighted by molar-refractivity contribution is 1.01. The van der Waals surface area contributed by atoms with E-state index in [-0.39, 0.29) is 0 Å². The van der Waals surface area contributed by atoms with Crippen molar-refractivity contribution < 1.29 is 0 Å². The Labute approximate surface area is 235 Å². The number of nitrogens with zero attached hydrogens (tertiary/aromatic N) is 4. The maximum Gasteiger partial charge on any atom is 0.237 e. The monoisotopic (exact) mass is 522 g/mol. The van der Waals surface area contributed by atoms with Gasteiger partial charge in [0.15, 0.2) is 5.65 Å². The van der Waals surface area contributed by atoms with Crippen LogP contribution in [0.1, 0.15) is 0 Å². The molecule has 3 aromatic heterocycles. The van der Waals surface area contributed by atoms with Crippen molar-refractivity contribution in [2.75, 3.05) is 0 Å². The molecule has 0 amide bonds. The summed E-state index contributed by atoms with van der Waals surface area (Å²) in [4.78, 5) is 15.1. The van der Waals surface area contributed by atoms with Gasteiger partial charge in [-0.3, -0.25) is 4.57 Å². The lowest BCUT2D eigenvalue weighted by Crippen LogP contribution is -2.04. The van der Waals surface area contributed by atoms with Gasteiger partial charge in [-0.1, -0.05) is 91.0 Å². The second-order valence-electron chi connectivity index (χ2n) is 10.5. The Morgan fingerprint density at radius 3 is 2.00 bits per heavy atom. The number of fused-ring (bicyclic) bond motifs is 8. The normalized spacial score (nSPS) is 11.9. The molecule has 0 radical (unpaired) electrons. The van der Waals surface area contributed by atoms with Gasteiger partial charge in [-0.25, -0.2) is 9.97 Å². The third-order valence-electron chi connectivity index (χ3n) is 8.20. The third-order valence-corrected chi connectivity index (χ3v) is 8.20. The van der Waals surface area contributed by atoms with Crippen LogP contribution in [0.5, 0.6) is 0 Å². The smallest absolute Gasteiger partial charge is 0.237 e. The fourth-order valence-electron chi connectivity index (χ4n) is 6.30. The molecule has 0 atom stereocenters. The average Bonchev–Trinajstić information content (AvgIpc) is 3.36. The van der Waals surface area contributed by atoms with Gasteiger partial charge >= 0.3 is 0 Å². The lowest BCUT2D eigenvalue weighted by Gasteiger charge is -2.12. The molecule has 0 bridgehead atoms. The van der Waals surface area contributed by atoms with Gasteiger partial charge in [0.1, 0.15) is 0 Å². The van der Waals surface area contributed by atoms with Crippen molar-refractivity contribution in [3.8, 4) is 17.2 Å². The van der Waals surface area contributed by atoms with Crippen molar-refractivity contribution in [2.45, 2.75) is 0 Å². The molecule has 0 aliphatic rings. The zero-order chi connectivity index (χ0) is 26.9. The highest BCUT2D eigenvalue weighted by molar-refractivity contribution is 6.23. The molecule has 4 nitrogen and oxygen atoms in total. The van der Waals surface area contributed by atoms with E-state index in [1.54, 1.807) is 6.20 Å². The van der Waals surface area contributed by atoms with Crippen LogP contribution >= 0.6 is 0 Å². The number of pyridine rings is 1. The van der Waals surface area contributed by atoms with Gasteiger partial charge in [-0.05, 0) is 68.7 Å². The summed E-state index contributed by atoms with van der Waals surface area (Å²) in [7, 11) is 0. The van der Waals surface area contributed by atoms with Crippen LogP contribution in [0.3, 0.4) is 0 Å². The Kier molecular flexibility index (Phi) is 4.58. The fraction of sp³-hybridized carbons (Fsp3) is 0. The summed E-state index contributed by atoms with van der Waals surface area (Å²) in [6.45, 7) is 0. The maximum absolute atomic E-state index is 5.29. The van der Waals surface area contributed by atoms with Gasteiger partial charge in [-0.2, -0.15) is 4.98 Å². The number of hydrogen-bond donors (Lipinski definition) is 0. The molecule has 0 spiro atoms.